The quantitative estimate of drug-likeness (QED) is 0.472. The minimum atomic E-state index is 0.481. The van der Waals surface area contributed by atoms with Gasteiger partial charge in [0.05, 0.1) is 16.8 Å². The second kappa shape index (κ2) is 4.96. The molecule has 0 radical (unpaired) electrons. The van der Waals surface area contributed by atoms with E-state index in [0.29, 0.717) is 5.71 Å². The number of nitrogens with one attached hydrogen (secondary N) is 1. The summed E-state index contributed by atoms with van der Waals surface area (Å²) in [5, 5.41) is 7.91. The number of nitrogens with zero attached hydrogens (tertiary/aromatic N) is 1. The maximum Gasteiger partial charge on any atom is 0.213 e. The Morgan fingerprint density at radius 2 is 2.00 bits per heavy atom. The molecule has 0 bridgehead atoms. The molecule has 1 heterocycles. The Kier molecular flexibility index (Phi) is 3.38. The lowest BCUT2D eigenvalue weighted by Crippen LogP contribution is -1.92. The molecule has 1 aliphatic heterocycles. The molecule has 2 rings (SSSR count). The smallest absolute Gasteiger partial charge is 0.213 e. The summed E-state index contributed by atoms with van der Waals surface area (Å²) in [4.78, 5) is 0. The average Bonchev–Trinajstić information content (AvgIpc) is 2.65. The van der Waals surface area contributed by atoms with Crippen LogP contribution in [0.15, 0.2) is 54.6 Å². The predicted octanol–water partition coefficient (Wildman–Crippen LogP) is 3.58. The number of hydrogen-bond acceptors (Lipinski definition) is 1. The highest BCUT2D eigenvalue weighted by atomic mass is 15.0. The first kappa shape index (κ1) is 12.2. The fourth-order valence-corrected chi connectivity index (χ4v) is 1.94. The lowest BCUT2D eigenvalue weighted by molar-refractivity contribution is -0.395. The van der Waals surface area contributed by atoms with Gasteiger partial charge in [0.15, 0.2) is 6.21 Å². The fourth-order valence-electron chi connectivity index (χ4n) is 1.94. The Balaban J connectivity index is 2.31. The lowest BCUT2D eigenvalue weighted by atomic mass is 10.1. The molecule has 2 nitrogen and oxygen atoms in total. The summed E-state index contributed by atoms with van der Waals surface area (Å²) in [6.45, 7) is 5.71. The molecule has 0 amide bonds. The molecule has 18 heavy (non-hydrogen) atoms. The van der Waals surface area contributed by atoms with E-state index < -0.39 is 0 Å². The van der Waals surface area contributed by atoms with Gasteiger partial charge < -0.3 is 5.41 Å². The van der Waals surface area contributed by atoms with E-state index in [1.807, 2.05) is 44.5 Å². The van der Waals surface area contributed by atoms with E-state index in [9.17, 15) is 0 Å². The summed E-state index contributed by atoms with van der Waals surface area (Å²) in [7, 11) is 2.02. The van der Waals surface area contributed by atoms with E-state index in [0.717, 1.165) is 11.1 Å². The van der Waals surface area contributed by atoms with Crippen LogP contribution in [0, 0.1) is 5.41 Å². The Morgan fingerprint density at radius 3 is 2.72 bits per heavy atom. The zero-order valence-corrected chi connectivity index (χ0v) is 10.8. The van der Waals surface area contributed by atoms with Crippen LogP contribution >= 0.6 is 0 Å². The topological polar surface area (TPSA) is 26.9 Å². The van der Waals surface area contributed by atoms with Crippen molar-refractivity contribution in [2.24, 2.45) is 0 Å². The summed E-state index contributed by atoms with van der Waals surface area (Å²) < 4.78 is 2.08. The van der Waals surface area contributed by atoms with Crippen LogP contribution in [-0.4, -0.2) is 23.5 Å². The standard InChI is InChI=1S/C16H17N2/c1-12(2)8-9-14(17)10-13-11-18(3)16-7-5-4-6-15(13)16/h4-11,17H,1H2,2-3H3/q+1. The van der Waals surface area contributed by atoms with Crippen molar-refractivity contribution in [3.05, 3.63) is 60.2 Å². The van der Waals surface area contributed by atoms with E-state index >= 15 is 0 Å². The first-order valence-electron chi connectivity index (χ1n) is 5.89. The zero-order valence-electron chi connectivity index (χ0n) is 10.8. The van der Waals surface area contributed by atoms with Crippen molar-refractivity contribution in [1.82, 2.24) is 0 Å². The van der Waals surface area contributed by atoms with Gasteiger partial charge in [0.2, 0.25) is 5.69 Å². The molecule has 0 saturated heterocycles. The Morgan fingerprint density at radius 1 is 1.28 bits per heavy atom. The summed E-state index contributed by atoms with van der Waals surface area (Å²) in [5.41, 5.74) is 4.86. The summed E-state index contributed by atoms with van der Waals surface area (Å²) in [5.74, 6) is 0. The molecule has 0 spiro atoms. The third kappa shape index (κ3) is 2.54. The third-order valence-corrected chi connectivity index (χ3v) is 2.79. The number of rotatable bonds is 3. The van der Waals surface area contributed by atoms with E-state index in [2.05, 4.69) is 23.3 Å². The van der Waals surface area contributed by atoms with Gasteiger partial charge in [-0.05, 0) is 25.1 Å². The van der Waals surface area contributed by atoms with Crippen molar-refractivity contribution >= 4 is 23.2 Å². The molecule has 2 heteroatoms. The predicted molar refractivity (Wildman–Crippen MR) is 78.0 cm³/mol. The van der Waals surface area contributed by atoms with Crippen molar-refractivity contribution in [2.75, 3.05) is 7.05 Å². The molecule has 0 fully saturated rings. The van der Waals surface area contributed by atoms with Gasteiger partial charge in [-0.2, -0.15) is 0 Å². The largest absolute Gasteiger partial charge is 0.301 e. The molecular formula is C16H17N2+. The van der Waals surface area contributed by atoms with Gasteiger partial charge in [-0.3, -0.25) is 0 Å². The number of hydrogen-bond donors (Lipinski definition) is 1. The Hall–Kier alpha value is -2.22. The van der Waals surface area contributed by atoms with E-state index in [-0.39, 0.29) is 0 Å². The molecule has 0 atom stereocenters. The van der Waals surface area contributed by atoms with Crippen LogP contribution in [0.5, 0.6) is 0 Å². The maximum absolute atomic E-state index is 7.91. The molecular weight excluding hydrogens is 220 g/mol. The van der Waals surface area contributed by atoms with Crippen LogP contribution in [0.1, 0.15) is 12.5 Å². The Bertz CT molecular complexity index is 601. The molecule has 90 valence electrons. The highest BCUT2D eigenvalue weighted by Gasteiger charge is 2.21. The van der Waals surface area contributed by atoms with Crippen molar-refractivity contribution in [1.29, 1.82) is 5.41 Å². The number of fused-ring (bicyclic) bond motifs is 1. The van der Waals surface area contributed by atoms with Crippen LogP contribution in [0.2, 0.25) is 0 Å². The van der Waals surface area contributed by atoms with Gasteiger partial charge in [-0.1, -0.05) is 30.4 Å². The molecule has 0 saturated carbocycles. The van der Waals surface area contributed by atoms with Crippen LogP contribution in [0.3, 0.4) is 0 Å². The van der Waals surface area contributed by atoms with E-state index in [1.54, 1.807) is 6.08 Å². The molecule has 1 aromatic rings. The molecule has 0 aromatic heterocycles. The van der Waals surface area contributed by atoms with Crippen molar-refractivity contribution in [3.8, 4) is 0 Å². The number of allylic oxidation sites excluding steroid dienone is 5. The molecule has 1 N–H and O–H groups in total. The molecule has 1 aliphatic rings. The van der Waals surface area contributed by atoms with Gasteiger partial charge in [0, 0.05) is 6.07 Å². The third-order valence-electron chi connectivity index (χ3n) is 2.79. The maximum atomic E-state index is 7.91. The lowest BCUT2D eigenvalue weighted by Gasteiger charge is -1.95. The van der Waals surface area contributed by atoms with Crippen molar-refractivity contribution < 1.29 is 4.58 Å². The second-order valence-electron chi connectivity index (χ2n) is 4.49. The minimum absolute atomic E-state index is 0.481. The van der Waals surface area contributed by atoms with Crippen LogP contribution in [0.4, 0.5) is 5.69 Å². The normalized spacial score (nSPS) is 15.9. The number of para-hydroxylation sites is 1. The first-order chi connectivity index (χ1) is 8.58. The SMILES string of the molecule is C=C(C)C=CC(=N)C=C1C=[N+](C)c2ccccc21. The Labute approximate surface area is 108 Å². The van der Waals surface area contributed by atoms with Gasteiger partial charge in [-0.15, -0.1) is 0 Å². The summed E-state index contributed by atoms with van der Waals surface area (Å²) in [6.07, 6.45) is 7.55. The van der Waals surface area contributed by atoms with Gasteiger partial charge >= 0.3 is 0 Å². The number of benzene rings is 1. The minimum Gasteiger partial charge on any atom is -0.301 e. The van der Waals surface area contributed by atoms with Gasteiger partial charge in [0.1, 0.15) is 7.05 Å². The monoisotopic (exact) mass is 237 g/mol. The molecule has 0 unspecified atom stereocenters. The van der Waals surface area contributed by atoms with Gasteiger partial charge in [-0.25, -0.2) is 4.58 Å². The van der Waals surface area contributed by atoms with Gasteiger partial charge in [0.25, 0.3) is 0 Å². The van der Waals surface area contributed by atoms with E-state index in [1.165, 1.54) is 11.3 Å². The molecule has 1 aromatic carbocycles. The van der Waals surface area contributed by atoms with Crippen molar-refractivity contribution in [2.45, 2.75) is 6.92 Å². The fraction of sp³-hybridized carbons (Fsp3) is 0.125. The van der Waals surface area contributed by atoms with Crippen molar-refractivity contribution in [3.63, 3.8) is 0 Å². The highest BCUT2D eigenvalue weighted by molar-refractivity contribution is 6.20. The van der Waals surface area contributed by atoms with Crippen LogP contribution in [-0.2, 0) is 0 Å². The zero-order chi connectivity index (χ0) is 13.1. The second-order valence-corrected chi connectivity index (χ2v) is 4.49. The first-order valence-corrected chi connectivity index (χ1v) is 5.89. The molecule has 0 aliphatic carbocycles. The van der Waals surface area contributed by atoms with Crippen LogP contribution in [0.25, 0.3) is 5.57 Å². The van der Waals surface area contributed by atoms with Crippen LogP contribution < -0.4 is 0 Å². The summed E-state index contributed by atoms with van der Waals surface area (Å²) in [6, 6.07) is 8.21. The average molecular weight is 237 g/mol. The van der Waals surface area contributed by atoms with E-state index in [4.69, 9.17) is 5.41 Å². The highest BCUT2D eigenvalue weighted by Crippen LogP contribution is 2.29. The summed E-state index contributed by atoms with van der Waals surface area (Å²) >= 11 is 0.